The molecule has 0 aliphatic heterocycles. The van der Waals surface area contributed by atoms with Crippen LogP contribution in [0, 0.1) is 0 Å². The van der Waals surface area contributed by atoms with Crippen LogP contribution < -0.4 is 5.73 Å². The smallest absolute Gasteiger partial charge is 0.101 e. The van der Waals surface area contributed by atoms with Gasteiger partial charge in [0, 0.05) is 10.5 Å². The number of rotatable bonds is 1. The lowest BCUT2D eigenvalue weighted by Crippen LogP contribution is -2.24. The third kappa shape index (κ3) is 1.68. The van der Waals surface area contributed by atoms with Crippen LogP contribution in [0.3, 0.4) is 0 Å². The molecule has 1 aromatic rings. The SMILES string of the molecule is NC1CCC(O)(c2sccc2Br)C1. The van der Waals surface area contributed by atoms with E-state index in [1.165, 1.54) is 0 Å². The number of thiophene rings is 1. The highest BCUT2D eigenvalue weighted by Crippen LogP contribution is 2.43. The first-order chi connectivity index (χ1) is 6.12. The van der Waals surface area contributed by atoms with Crippen LogP contribution in [-0.4, -0.2) is 11.1 Å². The van der Waals surface area contributed by atoms with E-state index in [-0.39, 0.29) is 6.04 Å². The highest BCUT2D eigenvalue weighted by Gasteiger charge is 2.39. The lowest BCUT2D eigenvalue weighted by Gasteiger charge is -2.21. The Morgan fingerprint density at radius 1 is 1.69 bits per heavy atom. The van der Waals surface area contributed by atoms with Gasteiger partial charge in [0.25, 0.3) is 0 Å². The second-order valence-corrected chi connectivity index (χ2v) is 5.40. The summed E-state index contributed by atoms with van der Waals surface area (Å²) in [6.45, 7) is 0. The van der Waals surface area contributed by atoms with Crippen molar-refractivity contribution in [3.05, 3.63) is 20.8 Å². The van der Waals surface area contributed by atoms with Crippen molar-refractivity contribution in [2.45, 2.75) is 30.9 Å². The van der Waals surface area contributed by atoms with Crippen molar-refractivity contribution in [3.63, 3.8) is 0 Å². The highest BCUT2D eigenvalue weighted by atomic mass is 79.9. The zero-order valence-electron chi connectivity index (χ0n) is 7.16. The van der Waals surface area contributed by atoms with Gasteiger partial charge >= 0.3 is 0 Å². The first-order valence-corrected chi connectivity index (χ1v) is 6.00. The van der Waals surface area contributed by atoms with E-state index < -0.39 is 5.60 Å². The second-order valence-electron chi connectivity index (χ2n) is 3.63. The van der Waals surface area contributed by atoms with Gasteiger partial charge in [0.05, 0.1) is 4.88 Å². The molecular formula is C9H12BrNOS. The van der Waals surface area contributed by atoms with Crippen LogP contribution in [0.5, 0.6) is 0 Å². The maximum Gasteiger partial charge on any atom is 0.101 e. The Bertz CT molecular complexity index is 314. The Hall–Kier alpha value is 0.100. The third-order valence-corrected chi connectivity index (χ3v) is 4.60. The van der Waals surface area contributed by atoms with Gasteiger partial charge in [-0.1, -0.05) is 0 Å². The minimum absolute atomic E-state index is 0.152. The van der Waals surface area contributed by atoms with E-state index >= 15 is 0 Å². The average Bonchev–Trinajstić information content (AvgIpc) is 2.59. The molecule has 2 nitrogen and oxygen atoms in total. The van der Waals surface area contributed by atoms with Crippen LogP contribution >= 0.6 is 27.3 Å². The Morgan fingerprint density at radius 2 is 2.46 bits per heavy atom. The van der Waals surface area contributed by atoms with Gasteiger partial charge in [-0.2, -0.15) is 0 Å². The van der Waals surface area contributed by atoms with Gasteiger partial charge in [0.1, 0.15) is 5.60 Å². The van der Waals surface area contributed by atoms with Gasteiger partial charge in [0.2, 0.25) is 0 Å². The Kier molecular flexibility index (Phi) is 2.49. The van der Waals surface area contributed by atoms with Crippen LogP contribution in [0.15, 0.2) is 15.9 Å². The predicted octanol–water partition coefficient (Wildman–Crippen LogP) is 2.21. The largest absolute Gasteiger partial charge is 0.384 e. The summed E-state index contributed by atoms with van der Waals surface area (Å²) < 4.78 is 1.01. The van der Waals surface area contributed by atoms with Crippen molar-refractivity contribution in [2.75, 3.05) is 0 Å². The monoisotopic (exact) mass is 261 g/mol. The summed E-state index contributed by atoms with van der Waals surface area (Å²) in [4.78, 5) is 1.03. The van der Waals surface area contributed by atoms with E-state index in [9.17, 15) is 5.11 Å². The average molecular weight is 262 g/mol. The molecular weight excluding hydrogens is 250 g/mol. The van der Waals surface area contributed by atoms with Crippen molar-refractivity contribution in [1.29, 1.82) is 0 Å². The minimum Gasteiger partial charge on any atom is -0.384 e. The third-order valence-electron chi connectivity index (χ3n) is 2.57. The molecule has 2 atom stereocenters. The van der Waals surface area contributed by atoms with Gasteiger partial charge in [0.15, 0.2) is 0 Å². The Labute approximate surface area is 89.9 Å². The van der Waals surface area contributed by atoms with E-state index in [4.69, 9.17) is 5.73 Å². The van der Waals surface area contributed by atoms with Gasteiger partial charge in [-0.25, -0.2) is 0 Å². The quantitative estimate of drug-likeness (QED) is 0.815. The molecule has 0 saturated heterocycles. The number of halogens is 1. The zero-order chi connectivity index (χ0) is 9.47. The van der Waals surface area contributed by atoms with Crippen LogP contribution in [0.1, 0.15) is 24.1 Å². The molecule has 4 heteroatoms. The van der Waals surface area contributed by atoms with E-state index in [1.807, 2.05) is 11.4 Å². The summed E-state index contributed by atoms with van der Waals surface area (Å²) in [5.41, 5.74) is 5.12. The Morgan fingerprint density at radius 3 is 2.92 bits per heavy atom. The van der Waals surface area contributed by atoms with Gasteiger partial charge in [-0.05, 0) is 46.6 Å². The van der Waals surface area contributed by atoms with Crippen LogP contribution in [0.2, 0.25) is 0 Å². The molecule has 2 unspecified atom stereocenters. The molecule has 72 valence electrons. The van der Waals surface area contributed by atoms with Crippen molar-refractivity contribution in [3.8, 4) is 0 Å². The normalized spacial score (nSPS) is 33.9. The van der Waals surface area contributed by atoms with E-state index in [1.54, 1.807) is 11.3 Å². The summed E-state index contributed by atoms with van der Waals surface area (Å²) in [5, 5.41) is 12.3. The number of hydrogen-bond acceptors (Lipinski definition) is 3. The molecule has 1 aliphatic rings. The van der Waals surface area contributed by atoms with Crippen LogP contribution in [-0.2, 0) is 5.60 Å². The molecule has 13 heavy (non-hydrogen) atoms. The molecule has 0 amide bonds. The molecule has 0 spiro atoms. The first-order valence-electron chi connectivity index (χ1n) is 4.33. The van der Waals surface area contributed by atoms with E-state index in [0.29, 0.717) is 6.42 Å². The Balaban J connectivity index is 2.30. The molecule has 1 fully saturated rings. The summed E-state index contributed by atoms with van der Waals surface area (Å²) in [6, 6.07) is 2.13. The number of aliphatic hydroxyl groups is 1. The summed E-state index contributed by atoms with van der Waals surface area (Å²) in [7, 11) is 0. The standard InChI is InChI=1S/C9H12BrNOS/c10-7-2-4-13-8(7)9(12)3-1-6(11)5-9/h2,4,6,12H,1,3,5,11H2. The fraction of sp³-hybridized carbons (Fsp3) is 0.556. The van der Waals surface area contributed by atoms with Crippen molar-refractivity contribution >= 4 is 27.3 Å². The lowest BCUT2D eigenvalue weighted by atomic mass is 10.0. The van der Waals surface area contributed by atoms with Crippen LogP contribution in [0.25, 0.3) is 0 Å². The van der Waals surface area contributed by atoms with Crippen LogP contribution in [0.4, 0.5) is 0 Å². The van der Waals surface area contributed by atoms with Gasteiger partial charge in [-0.15, -0.1) is 11.3 Å². The molecule has 0 aromatic carbocycles. The van der Waals surface area contributed by atoms with Gasteiger partial charge in [-0.3, -0.25) is 0 Å². The van der Waals surface area contributed by atoms with Crippen molar-refractivity contribution < 1.29 is 5.11 Å². The molecule has 1 aromatic heterocycles. The topological polar surface area (TPSA) is 46.2 Å². The molecule has 0 bridgehead atoms. The highest BCUT2D eigenvalue weighted by molar-refractivity contribution is 9.10. The number of hydrogen-bond donors (Lipinski definition) is 2. The molecule has 0 radical (unpaired) electrons. The number of nitrogens with two attached hydrogens (primary N) is 1. The van der Waals surface area contributed by atoms with Crippen molar-refractivity contribution in [2.24, 2.45) is 5.73 Å². The second kappa shape index (κ2) is 3.35. The molecule has 1 saturated carbocycles. The molecule has 3 N–H and O–H groups in total. The first kappa shape index (κ1) is 9.65. The van der Waals surface area contributed by atoms with E-state index in [0.717, 1.165) is 22.2 Å². The summed E-state index contributed by atoms with van der Waals surface area (Å²) in [6.07, 6.45) is 2.39. The summed E-state index contributed by atoms with van der Waals surface area (Å²) in [5.74, 6) is 0. The van der Waals surface area contributed by atoms with Gasteiger partial charge < -0.3 is 10.8 Å². The summed E-state index contributed by atoms with van der Waals surface area (Å²) >= 11 is 5.04. The maximum atomic E-state index is 10.3. The molecule has 1 aliphatic carbocycles. The molecule has 1 heterocycles. The lowest BCUT2D eigenvalue weighted by molar-refractivity contribution is 0.0462. The predicted molar refractivity (Wildman–Crippen MR) is 57.7 cm³/mol. The molecule has 2 rings (SSSR count). The zero-order valence-corrected chi connectivity index (χ0v) is 9.57. The maximum absolute atomic E-state index is 10.3. The fourth-order valence-electron chi connectivity index (χ4n) is 1.89. The van der Waals surface area contributed by atoms with Crippen molar-refractivity contribution in [1.82, 2.24) is 0 Å². The minimum atomic E-state index is -0.674. The van der Waals surface area contributed by atoms with E-state index in [2.05, 4.69) is 15.9 Å². The fourth-order valence-corrected chi connectivity index (χ4v) is 3.78.